The highest BCUT2D eigenvalue weighted by Gasteiger charge is 2.11. The van der Waals surface area contributed by atoms with Crippen LogP contribution in [0.4, 0.5) is 0 Å². The summed E-state index contributed by atoms with van der Waals surface area (Å²) in [6.45, 7) is 8.04. The summed E-state index contributed by atoms with van der Waals surface area (Å²) in [6.07, 6.45) is 0. The molecule has 1 fully saturated rings. The number of nitrogens with zero attached hydrogens (tertiary/aromatic N) is 2. The highest BCUT2D eigenvalue weighted by Crippen LogP contribution is 1.94. The van der Waals surface area contributed by atoms with Crippen molar-refractivity contribution in [1.82, 2.24) is 10.2 Å². The number of rotatable bonds is 1. The average Bonchev–Trinajstić information content (AvgIpc) is 2.05. The largest absolute Gasteiger partial charge is 0.370 e. The van der Waals surface area contributed by atoms with Gasteiger partial charge in [0, 0.05) is 32.2 Å². The summed E-state index contributed by atoms with van der Waals surface area (Å²) >= 11 is 0. The Morgan fingerprint density at radius 2 is 1.92 bits per heavy atom. The van der Waals surface area contributed by atoms with Gasteiger partial charge in [-0.2, -0.15) is 0 Å². The summed E-state index contributed by atoms with van der Waals surface area (Å²) in [7, 11) is 0. The van der Waals surface area contributed by atoms with Gasteiger partial charge in [-0.15, -0.1) is 24.0 Å². The van der Waals surface area contributed by atoms with Gasteiger partial charge in [-0.25, -0.2) is 0 Å². The third-order valence-corrected chi connectivity index (χ3v) is 1.83. The first-order valence-corrected chi connectivity index (χ1v) is 4.49. The lowest BCUT2D eigenvalue weighted by Gasteiger charge is -2.28. The minimum absolute atomic E-state index is 0. The Labute approximate surface area is 97.0 Å². The van der Waals surface area contributed by atoms with Crippen molar-refractivity contribution < 1.29 is 0 Å². The van der Waals surface area contributed by atoms with E-state index < -0.39 is 0 Å². The molecule has 0 aromatic rings. The van der Waals surface area contributed by atoms with Gasteiger partial charge in [-0.3, -0.25) is 4.99 Å². The molecule has 0 aromatic heterocycles. The third-order valence-electron chi connectivity index (χ3n) is 1.83. The molecule has 5 heteroatoms. The number of nitrogens with two attached hydrogens (primary N) is 1. The van der Waals surface area contributed by atoms with Crippen LogP contribution in [0.1, 0.15) is 13.8 Å². The second kappa shape index (κ2) is 6.42. The fourth-order valence-corrected chi connectivity index (χ4v) is 1.24. The maximum Gasteiger partial charge on any atom is 0.191 e. The van der Waals surface area contributed by atoms with Crippen molar-refractivity contribution in [3.05, 3.63) is 0 Å². The van der Waals surface area contributed by atoms with Crippen molar-refractivity contribution in [3.63, 3.8) is 0 Å². The molecule has 0 radical (unpaired) electrons. The van der Waals surface area contributed by atoms with E-state index >= 15 is 0 Å². The first kappa shape index (κ1) is 13.0. The molecule has 0 bridgehead atoms. The van der Waals surface area contributed by atoms with Crippen LogP contribution in [-0.4, -0.2) is 43.1 Å². The summed E-state index contributed by atoms with van der Waals surface area (Å²) in [5.41, 5.74) is 5.80. The second-order valence-electron chi connectivity index (χ2n) is 3.32. The monoisotopic (exact) mass is 298 g/mol. The van der Waals surface area contributed by atoms with Crippen molar-refractivity contribution in [3.8, 4) is 0 Å². The van der Waals surface area contributed by atoms with Crippen LogP contribution < -0.4 is 11.1 Å². The molecular weight excluding hydrogens is 279 g/mol. The van der Waals surface area contributed by atoms with E-state index in [1.807, 2.05) is 13.8 Å². The highest BCUT2D eigenvalue weighted by molar-refractivity contribution is 14.0. The molecule has 0 saturated carbocycles. The number of piperazine rings is 1. The van der Waals surface area contributed by atoms with E-state index in [-0.39, 0.29) is 24.0 Å². The molecule has 0 aromatic carbocycles. The van der Waals surface area contributed by atoms with E-state index in [4.69, 9.17) is 5.73 Å². The first-order valence-electron chi connectivity index (χ1n) is 4.49. The Kier molecular flexibility index (Phi) is 6.40. The van der Waals surface area contributed by atoms with E-state index in [0.717, 1.165) is 26.2 Å². The zero-order chi connectivity index (χ0) is 8.97. The van der Waals surface area contributed by atoms with E-state index in [0.29, 0.717) is 12.0 Å². The zero-order valence-corrected chi connectivity index (χ0v) is 10.6. The number of hydrogen-bond acceptors (Lipinski definition) is 2. The summed E-state index contributed by atoms with van der Waals surface area (Å²) in [4.78, 5) is 6.42. The van der Waals surface area contributed by atoms with E-state index in [1.165, 1.54) is 0 Å². The molecule has 0 atom stereocenters. The van der Waals surface area contributed by atoms with Crippen LogP contribution in [-0.2, 0) is 0 Å². The molecule has 1 heterocycles. The minimum atomic E-state index is 0. The van der Waals surface area contributed by atoms with Crippen LogP contribution >= 0.6 is 24.0 Å². The van der Waals surface area contributed by atoms with Crippen LogP contribution in [0.3, 0.4) is 0 Å². The van der Waals surface area contributed by atoms with Crippen molar-refractivity contribution in [2.24, 2.45) is 10.7 Å². The normalized spacial score (nSPS) is 18.7. The molecule has 0 amide bonds. The molecule has 3 N–H and O–H groups in total. The fraction of sp³-hybridized carbons (Fsp3) is 0.875. The number of nitrogens with one attached hydrogen (secondary N) is 1. The van der Waals surface area contributed by atoms with Gasteiger partial charge in [0.2, 0.25) is 0 Å². The van der Waals surface area contributed by atoms with Gasteiger partial charge < -0.3 is 16.0 Å². The van der Waals surface area contributed by atoms with Gasteiger partial charge in [-0.05, 0) is 13.8 Å². The van der Waals surface area contributed by atoms with E-state index in [2.05, 4.69) is 15.2 Å². The summed E-state index contributed by atoms with van der Waals surface area (Å²) in [6, 6.07) is 0.292. The Hall–Kier alpha value is -0.0400. The molecule has 4 nitrogen and oxygen atoms in total. The molecule has 13 heavy (non-hydrogen) atoms. The topological polar surface area (TPSA) is 53.6 Å². The average molecular weight is 298 g/mol. The standard InChI is InChI=1S/C8H18N4.HI/c1-7(2)11-8(9)12-5-3-10-4-6-12;/h7,10H,3-6H2,1-2H3,(H2,9,11);1H. The SMILES string of the molecule is CC(C)N=C(N)N1CCNCC1.I. The van der Waals surface area contributed by atoms with Gasteiger partial charge in [0.1, 0.15) is 0 Å². The number of guanidine groups is 1. The van der Waals surface area contributed by atoms with Crippen LogP contribution in [0.5, 0.6) is 0 Å². The molecular formula is C8H19IN4. The molecule has 0 spiro atoms. The maximum atomic E-state index is 5.80. The zero-order valence-electron chi connectivity index (χ0n) is 8.29. The van der Waals surface area contributed by atoms with Crippen molar-refractivity contribution in [1.29, 1.82) is 0 Å². The number of aliphatic imine (C=N–C) groups is 1. The molecule has 1 aliphatic heterocycles. The van der Waals surface area contributed by atoms with Gasteiger partial charge in [-0.1, -0.05) is 0 Å². The predicted octanol–water partition coefficient (Wildman–Crippen LogP) is 0.233. The van der Waals surface area contributed by atoms with E-state index in [9.17, 15) is 0 Å². The third kappa shape index (κ3) is 4.66. The van der Waals surface area contributed by atoms with Crippen molar-refractivity contribution in [2.45, 2.75) is 19.9 Å². The second-order valence-corrected chi connectivity index (χ2v) is 3.32. The Morgan fingerprint density at radius 1 is 1.38 bits per heavy atom. The highest BCUT2D eigenvalue weighted by atomic mass is 127. The Balaban J connectivity index is 0.00000144. The van der Waals surface area contributed by atoms with Crippen LogP contribution in [0.25, 0.3) is 0 Å². The first-order chi connectivity index (χ1) is 5.70. The van der Waals surface area contributed by atoms with Crippen molar-refractivity contribution >= 4 is 29.9 Å². The van der Waals surface area contributed by atoms with Crippen LogP contribution in [0.15, 0.2) is 4.99 Å². The van der Waals surface area contributed by atoms with Gasteiger partial charge in [0.05, 0.1) is 0 Å². The van der Waals surface area contributed by atoms with E-state index in [1.54, 1.807) is 0 Å². The summed E-state index contributed by atoms with van der Waals surface area (Å²) < 4.78 is 0. The van der Waals surface area contributed by atoms with Crippen molar-refractivity contribution in [2.75, 3.05) is 26.2 Å². The summed E-state index contributed by atoms with van der Waals surface area (Å²) in [5, 5.41) is 3.27. The lowest BCUT2D eigenvalue weighted by atomic mass is 10.4. The quantitative estimate of drug-likeness (QED) is 0.414. The van der Waals surface area contributed by atoms with Gasteiger partial charge in [0.15, 0.2) is 5.96 Å². The molecule has 78 valence electrons. The lowest BCUT2D eigenvalue weighted by molar-refractivity contribution is 0.352. The summed E-state index contributed by atoms with van der Waals surface area (Å²) in [5.74, 6) is 0.687. The maximum absolute atomic E-state index is 5.80. The Morgan fingerprint density at radius 3 is 2.38 bits per heavy atom. The molecule has 1 saturated heterocycles. The van der Waals surface area contributed by atoms with Crippen LogP contribution in [0.2, 0.25) is 0 Å². The molecule has 0 unspecified atom stereocenters. The smallest absolute Gasteiger partial charge is 0.191 e. The lowest BCUT2D eigenvalue weighted by Crippen LogP contribution is -2.49. The number of halogens is 1. The van der Waals surface area contributed by atoms with Crippen LogP contribution in [0, 0.1) is 0 Å². The Bertz CT molecular complexity index is 164. The molecule has 1 aliphatic rings. The van der Waals surface area contributed by atoms with Gasteiger partial charge in [0.25, 0.3) is 0 Å². The molecule has 1 rings (SSSR count). The molecule has 0 aliphatic carbocycles. The predicted molar refractivity (Wildman–Crippen MR) is 66.6 cm³/mol. The fourth-order valence-electron chi connectivity index (χ4n) is 1.24. The minimum Gasteiger partial charge on any atom is -0.370 e. The number of hydrogen-bond donors (Lipinski definition) is 2. The van der Waals surface area contributed by atoms with Gasteiger partial charge >= 0.3 is 0 Å².